The Morgan fingerprint density at radius 3 is 2.55 bits per heavy atom. The lowest BCUT2D eigenvalue weighted by molar-refractivity contribution is 0.180. The van der Waals surface area contributed by atoms with E-state index < -0.39 is 11.6 Å². The number of halogens is 4. The maximum Gasteiger partial charge on any atom is 0.228 e. The van der Waals surface area contributed by atoms with Gasteiger partial charge in [0.05, 0.1) is 18.4 Å². The first-order chi connectivity index (χ1) is 15.0. The van der Waals surface area contributed by atoms with E-state index in [-0.39, 0.29) is 34.8 Å². The largest absolute Gasteiger partial charge is 0.351 e. The molecule has 0 radical (unpaired) electrons. The van der Waals surface area contributed by atoms with Gasteiger partial charge in [-0.1, -0.05) is 17.7 Å². The van der Waals surface area contributed by atoms with Gasteiger partial charge in [0.25, 0.3) is 0 Å². The van der Waals surface area contributed by atoms with E-state index in [4.69, 9.17) is 11.6 Å². The molecule has 1 aromatic carbocycles. The normalized spacial score (nSPS) is 19.3. The highest BCUT2D eigenvalue weighted by molar-refractivity contribution is 6.33. The molecule has 1 N–H and O–H groups in total. The first-order valence-corrected chi connectivity index (χ1v) is 10.7. The third-order valence-corrected chi connectivity index (χ3v) is 6.08. The van der Waals surface area contributed by atoms with Gasteiger partial charge in [0.15, 0.2) is 11.5 Å². The lowest BCUT2D eigenvalue weighted by atomic mass is 9.90. The van der Waals surface area contributed by atoms with E-state index in [0.717, 1.165) is 44.4 Å². The summed E-state index contributed by atoms with van der Waals surface area (Å²) in [6.07, 6.45) is 5.66. The predicted molar refractivity (Wildman–Crippen MR) is 114 cm³/mol. The Hall–Kier alpha value is -2.39. The van der Waals surface area contributed by atoms with Crippen molar-refractivity contribution in [2.24, 2.45) is 0 Å². The van der Waals surface area contributed by atoms with Crippen LogP contribution in [0.15, 0.2) is 24.4 Å². The van der Waals surface area contributed by atoms with Crippen LogP contribution < -0.4 is 5.32 Å². The van der Waals surface area contributed by atoms with Crippen molar-refractivity contribution < 1.29 is 13.2 Å². The highest BCUT2D eigenvalue weighted by Crippen LogP contribution is 2.29. The summed E-state index contributed by atoms with van der Waals surface area (Å²) in [6, 6.07) is 4.15. The molecule has 1 aliphatic rings. The average molecular weight is 453 g/mol. The Morgan fingerprint density at radius 2 is 1.87 bits per heavy atom. The van der Waals surface area contributed by atoms with E-state index in [2.05, 4.69) is 25.3 Å². The number of benzene rings is 1. The molecule has 1 saturated carbocycles. The number of anilines is 1. The number of alkyl halides is 1. The van der Waals surface area contributed by atoms with Crippen LogP contribution in [0.3, 0.4) is 0 Å². The third kappa shape index (κ3) is 4.62. The molecule has 6 nitrogen and oxygen atoms in total. The SMILES string of the molecule is CN(CCCF)C1CCC(Nc2nc(-c3c(F)cccc3F)nc3c(Cl)cnn23)CC1. The minimum Gasteiger partial charge on any atom is -0.351 e. The molecular weight excluding hydrogens is 429 g/mol. The molecule has 0 spiro atoms. The fraction of sp³-hybridized carbons (Fsp3) is 0.476. The van der Waals surface area contributed by atoms with E-state index >= 15 is 0 Å². The lowest BCUT2D eigenvalue weighted by Gasteiger charge is -2.35. The number of nitrogens with zero attached hydrogens (tertiary/aromatic N) is 5. The number of fused-ring (bicyclic) bond motifs is 1. The minimum atomic E-state index is -0.747. The van der Waals surface area contributed by atoms with Gasteiger partial charge >= 0.3 is 0 Å². The number of hydrogen-bond donors (Lipinski definition) is 1. The molecule has 31 heavy (non-hydrogen) atoms. The summed E-state index contributed by atoms with van der Waals surface area (Å²) >= 11 is 6.20. The molecule has 2 heterocycles. The molecule has 0 amide bonds. The van der Waals surface area contributed by atoms with Gasteiger partial charge in [0.2, 0.25) is 5.95 Å². The lowest BCUT2D eigenvalue weighted by Crippen LogP contribution is -2.39. The smallest absolute Gasteiger partial charge is 0.228 e. The molecule has 3 aromatic rings. The molecule has 4 rings (SSSR count). The number of nitrogens with one attached hydrogen (secondary N) is 1. The molecule has 0 saturated heterocycles. The topological polar surface area (TPSA) is 58.3 Å². The van der Waals surface area contributed by atoms with E-state index in [0.29, 0.717) is 18.4 Å². The predicted octanol–water partition coefficient (Wildman–Crippen LogP) is 4.74. The highest BCUT2D eigenvalue weighted by Gasteiger charge is 2.26. The molecule has 0 aliphatic heterocycles. The number of aromatic nitrogens is 4. The van der Waals surface area contributed by atoms with E-state index in [1.807, 2.05) is 7.05 Å². The molecule has 10 heteroatoms. The molecule has 1 fully saturated rings. The van der Waals surface area contributed by atoms with Crippen molar-refractivity contribution in [3.05, 3.63) is 41.1 Å². The van der Waals surface area contributed by atoms with Crippen molar-refractivity contribution in [1.82, 2.24) is 24.5 Å². The van der Waals surface area contributed by atoms with Gasteiger partial charge in [-0.05, 0) is 51.3 Å². The maximum atomic E-state index is 14.3. The van der Waals surface area contributed by atoms with Gasteiger partial charge in [-0.2, -0.15) is 14.6 Å². The number of hydrogen-bond acceptors (Lipinski definition) is 5. The van der Waals surface area contributed by atoms with Crippen LogP contribution in [-0.2, 0) is 0 Å². The van der Waals surface area contributed by atoms with Gasteiger partial charge in [-0.15, -0.1) is 0 Å². The third-order valence-electron chi connectivity index (χ3n) is 5.81. The summed E-state index contributed by atoms with van der Waals surface area (Å²) in [4.78, 5) is 10.8. The van der Waals surface area contributed by atoms with Crippen LogP contribution in [0.25, 0.3) is 17.0 Å². The molecule has 1 aliphatic carbocycles. The number of rotatable bonds is 7. The van der Waals surface area contributed by atoms with Crippen molar-refractivity contribution in [3.63, 3.8) is 0 Å². The summed E-state index contributed by atoms with van der Waals surface area (Å²) in [5.74, 6) is -1.25. The first-order valence-electron chi connectivity index (χ1n) is 10.4. The van der Waals surface area contributed by atoms with Crippen LogP contribution in [0.4, 0.5) is 19.1 Å². The fourth-order valence-corrected chi connectivity index (χ4v) is 4.27. The molecule has 0 unspecified atom stereocenters. The van der Waals surface area contributed by atoms with Crippen molar-refractivity contribution in [1.29, 1.82) is 0 Å². The summed E-state index contributed by atoms with van der Waals surface area (Å²) < 4.78 is 42.6. The highest BCUT2D eigenvalue weighted by atomic mass is 35.5. The van der Waals surface area contributed by atoms with E-state index in [1.54, 1.807) is 0 Å². The van der Waals surface area contributed by atoms with Gasteiger partial charge in [0, 0.05) is 18.6 Å². The summed E-state index contributed by atoms with van der Waals surface area (Å²) in [7, 11) is 2.03. The second-order valence-corrected chi connectivity index (χ2v) is 8.28. The second-order valence-electron chi connectivity index (χ2n) is 7.87. The summed E-state index contributed by atoms with van der Waals surface area (Å²) in [5, 5.41) is 7.83. The van der Waals surface area contributed by atoms with E-state index in [9.17, 15) is 13.2 Å². The minimum absolute atomic E-state index is 0.0901. The second kappa shape index (κ2) is 9.40. The zero-order chi connectivity index (χ0) is 22.0. The van der Waals surface area contributed by atoms with Crippen LogP contribution in [0.5, 0.6) is 0 Å². The molecular formula is C21H24ClF3N6. The standard InChI is InChI=1S/C21H24ClF3N6/c1-30(11-3-10-23)14-8-6-13(7-9-14)27-21-29-19(18-16(24)4-2-5-17(18)25)28-20-15(22)12-26-31(20)21/h2,4-5,12-14H,3,6-11H2,1H3,(H,27,28,29). The monoisotopic (exact) mass is 452 g/mol. The van der Waals surface area contributed by atoms with Crippen molar-refractivity contribution in [2.75, 3.05) is 25.6 Å². The van der Waals surface area contributed by atoms with Gasteiger partial charge in [0.1, 0.15) is 16.7 Å². The molecule has 0 bridgehead atoms. The quantitative estimate of drug-likeness (QED) is 0.561. The summed E-state index contributed by atoms with van der Waals surface area (Å²) in [5.41, 5.74) is -0.0278. The van der Waals surface area contributed by atoms with Crippen LogP contribution in [0.1, 0.15) is 32.1 Å². The molecule has 2 aromatic heterocycles. The van der Waals surface area contributed by atoms with Crippen molar-refractivity contribution in [2.45, 2.75) is 44.2 Å². The Kier molecular flexibility index (Phi) is 6.62. The molecule has 0 atom stereocenters. The summed E-state index contributed by atoms with van der Waals surface area (Å²) in [6.45, 7) is 0.442. The Bertz CT molecular complexity index is 1030. The molecule has 166 valence electrons. The van der Waals surface area contributed by atoms with Crippen LogP contribution in [0, 0.1) is 11.6 Å². The fourth-order valence-electron chi connectivity index (χ4n) is 4.10. The maximum absolute atomic E-state index is 14.3. The van der Waals surface area contributed by atoms with Crippen LogP contribution >= 0.6 is 11.6 Å². The van der Waals surface area contributed by atoms with Crippen molar-refractivity contribution >= 4 is 23.2 Å². The van der Waals surface area contributed by atoms with Gasteiger partial charge in [-0.3, -0.25) is 4.39 Å². The Morgan fingerprint density at radius 1 is 1.16 bits per heavy atom. The average Bonchev–Trinajstić information content (AvgIpc) is 3.13. The Balaban J connectivity index is 1.57. The van der Waals surface area contributed by atoms with Gasteiger partial charge < -0.3 is 10.2 Å². The first kappa shape index (κ1) is 21.8. The zero-order valence-corrected chi connectivity index (χ0v) is 17.9. The van der Waals surface area contributed by atoms with Crippen molar-refractivity contribution in [3.8, 4) is 11.4 Å². The van der Waals surface area contributed by atoms with Crippen LogP contribution in [-0.4, -0.2) is 56.8 Å². The van der Waals surface area contributed by atoms with Gasteiger partial charge in [-0.25, -0.2) is 13.8 Å². The zero-order valence-electron chi connectivity index (χ0n) is 17.2. The Labute approximate surface area is 183 Å². The van der Waals surface area contributed by atoms with Crippen LogP contribution in [0.2, 0.25) is 5.02 Å². The van der Waals surface area contributed by atoms with E-state index in [1.165, 1.54) is 16.8 Å².